The number of amides is 2. The second-order valence-corrected chi connectivity index (χ2v) is 7.51. The van der Waals surface area contributed by atoms with Crippen molar-refractivity contribution >= 4 is 17.8 Å². The molecule has 0 spiro atoms. The third-order valence-corrected chi connectivity index (χ3v) is 6.21. The number of aromatic nitrogens is 1. The lowest BCUT2D eigenvalue weighted by atomic mass is 9.78. The van der Waals surface area contributed by atoms with Crippen LogP contribution in [-0.4, -0.2) is 47.4 Å². The third kappa shape index (κ3) is 2.76. The maximum Gasteiger partial charge on any atom is 0.326 e. The first-order valence-corrected chi connectivity index (χ1v) is 9.63. The molecule has 4 atom stereocenters. The van der Waals surface area contributed by atoms with Crippen LogP contribution >= 0.6 is 0 Å². The molecule has 29 heavy (non-hydrogen) atoms. The Balaban J connectivity index is 1.75. The molecule has 2 aliphatic rings. The molecule has 2 saturated heterocycles. The standard InChI is InChI=1S/C22H23N3O4/c1-4-22(21(28)29-3)17-16(19(26)25(2)20(17)27)18(24-22)14-10-8-13(9-11-14)15-7-5-6-12-23-15/h5-12,16-18,24H,4H2,1-3H3/t16-,17-,18-,22-/m1/s1. The van der Waals surface area contributed by atoms with Crippen molar-refractivity contribution in [2.75, 3.05) is 14.2 Å². The first-order chi connectivity index (χ1) is 13.9. The summed E-state index contributed by atoms with van der Waals surface area (Å²) in [6.45, 7) is 1.82. The fraction of sp³-hybridized carbons (Fsp3) is 0.364. The largest absolute Gasteiger partial charge is 0.468 e. The smallest absolute Gasteiger partial charge is 0.326 e. The van der Waals surface area contributed by atoms with E-state index in [1.54, 1.807) is 6.20 Å². The Morgan fingerprint density at radius 1 is 1.17 bits per heavy atom. The zero-order valence-electron chi connectivity index (χ0n) is 16.6. The van der Waals surface area contributed by atoms with E-state index in [0.717, 1.165) is 21.7 Å². The predicted molar refractivity (Wildman–Crippen MR) is 105 cm³/mol. The summed E-state index contributed by atoms with van der Waals surface area (Å²) in [5.74, 6) is -2.55. The summed E-state index contributed by atoms with van der Waals surface area (Å²) in [5, 5.41) is 3.31. The van der Waals surface area contributed by atoms with Gasteiger partial charge in [-0.2, -0.15) is 0 Å². The number of rotatable bonds is 4. The zero-order chi connectivity index (χ0) is 20.8. The van der Waals surface area contributed by atoms with Gasteiger partial charge in [0.15, 0.2) is 0 Å². The average molecular weight is 393 g/mol. The number of fused-ring (bicyclic) bond motifs is 1. The third-order valence-electron chi connectivity index (χ3n) is 6.21. The van der Waals surface area contributed by atoms with Gasteiger partial charge in [0.1, 0.15) is 5.54 Å². The van der Waals surface area contributed by atoms with Gasteiger partial charge in [-0.05, 0) is 24.1 Å². The number of pyridine rings is 1. The Morgan fingerprint density at radius 2 is 1.90 bits per heavy atom. The molecule has 1 aromatic carbocycles. The van der Waals surface area contributed by atoms with Crippen LogP contribution in [0.2, 0.25) is 0 Å². The van der Waals surface area contributed by atoms with Crippen molar-refractivity contribution in [1.82, 2.24) is 15.2 Å². The molecule has 0 aliphatic carbocycles. The molecule has 1 N–H and O–H groups in total. The fourth-order valence-corrected chi connectivity index (χ4v) is 4.67. The second kappa shape index (κ2) is 7.08. The molecule has 2 fully saturated rings. The van der Waals surface area contributed by atoms with Crippen molar-refractivity contribution in [1.29, 1.82) is 0 Å². The van der Waals surface area contributed by atoms with E-state index in [9.17, 15) is 14.4 Å². The maximum absolute atomic E-state index is 12.9. The number of nitrogens with one attached hydrogen (secondary N) is 1. The van der Waals surface area contributed by atoms with Crippen LogP contribution in [0.25, 0.3) is 11.3 Å². The topological polar surface area (TPSA) is 88.6 Å². The summed E-state index contributed by atoms with van der Waals surface area (Å²) in [6, 6.07) is 12.9. The van der Waals surface area contributed by atoms with Crippen molar-refractivity contribution in [3.8, 4) is 11.3 Å². The lowest BCUT2D eigenvalue weighted by molar-refractivity contribution is -0.154. The highest BCUT2D eigenvalue weighted by Gasteiger charge is 2.67. The van der Waals surface area contributed by atoms with E-state index in [1.165, 1.54) is 14.2 Å². The van der Waals surface area contributed by atoms with Gasteiger partial charge in [-0.15, -0.1) is 0 Å². The molecule has 150 valence electrons. The summed E-state index contributed by atoms with van der Waals surface area (Å²) < 4.78 is 5.02. The number of imide groups is 1. The van der Waals surface area contributed by atoms with Gasteiger partial charge in [0.25, 0.3) is 0 Å². The number of nitrogens with zero attached hydrogens (tertiary/aromatic N) is 2. The Morgan fingerprint density at radius 3 is 2.48 bits per heavy atom. The molecule has 0 saturated carbocycles. The van der Waals surface area contributed by atoms with Crippen LogP contribution < -0.4 is 5.32 Å². The molecule has 2 aromatic rings. The molecule has 1 aromatic heterocycles. The predicted octanol–water partition coefficient (Wildman–Crippen LogP) is 1.95. The average Bonchev–Trinajstić information content (AvgIpc) is 3.24. The van der Waals surface area contributed by atoms with Gasteiger partial charge >= 0.3 is 5.97 Å². The van der Waals surface area contributed by atoms with Gasteiger partial charge in [0.2, 0.25) is 11.8 Å². The first-order valence-electron chi connectivity index (χ1n) is 9.63. The highest BCUT2D eigenvalue weighted by molar-refractivity contribution is 6.09. The van der Waals surface area contributed by atoms with Crippen LogP contribution in [0.4, 0.5) is 0 Å². The number of esters is 1. The Kier molecular flexibility index (Phi) is 4.70. The number of carbonyl (C=O) groups is 3. The molecule has 0 bridgehead atoms. The van der Waals surface area contributed by atoms with Crippen molar-refractivity contribution in [2.45, 2.75) is 24.9 Å². The monoisotopic (exact) mass is 393 g/mol. The van der Waals surface area contributed by atoms with Crippen LogP contribution in [0.3, 0.4) is 0 Å². The van der Waals surface area contributed by atoms with Gasteiger partial charge in [0.05, 0.1) is 24.6 Å². The minimum atomic E-state index is -1.22. The van der Waals surface area contributed by atoms with E-state index in [2.05, 4.69) is 10.3 Å². The molecule has 4 rings (SSSR count). The SMILES string of the molecule is CC[C@@]1(C(=O)OC)N[C@H](c2ccc(-c3ccccn3)cc2)[C@@H]2C(=O)N(C)C(=O)[C@@H]21. The van der Waals surface area contributed by atoms with E-state index in [0.29, 0.717) is 6.42 Å². The van der Waals surface area contributed by atoms with Crippen LogP contribution in [0.5, 0.6) is 0 Å². The second-order valence-electron chi connectivity index (χ2n) is 7.51. The van der Waals surface area contributed by atoms with Gasteiger partial charge in [-0.25, -0.2) is 0 Å². The van der Waals surface area contributed by atoms with Crippen molar-refractivity contribution < 1.29 is 19.1 Å². The van der Waals surface area contributed by atoms with E-state index in [1.807, 2.05) is 49.4 Å². The van der Waals surface area contributed by atoms with E-state index in [4.69, 9.17) is 4.74 Å². The number of carbonyl (C=O) groups excluding carboxylic acids is 3. The van der Waals surface area contributed by atoms with Gasteiger partial charge in [0, 0.05) is 24.8 Å². The van der Waals surface area contributed by atoms with Crippen molar-refractivity contribution in [2.24, 2.45) is 11.8 Å². The fourth-order valence-electron chi connectivity index (χ4n) is 4.67. The minimum Gasteiger partial charge on any atom is -0.468 e. The van der Waals surface area contributed by atoms with Gasteiger partial charge in [-0.3, -0.25) is 29.6 Å². The summed E-state index contributed by atoms with van der Waals surface area (Å²) in [6.07, 6.45) is 2.08. The quantitative estimate of drug-likeness (QED) is 0.631. The maximum atomic E-state index is 12.9. The van der Waals surface area contributed by atoms with Crippen molar-refractivity contribution in [3.05, 3.63) is 54.2 Å². The van der Waals surface area contributed by atoms with Crippen LogP contribution in [0.15, 0.2) is 48.7 Å². The van der Waals surface area contributed by atoms with Crippen LogP contribution in [0, 0.1) is 11.8 Å². The number of hydrogen-bond acceptors (Lipinski definition) is 6. The number of hydrogen-bond donors (Lipinski definition) is 1. The molecule has 7 nitrogen and oxygen atoms in total. The number of methoxy groups -OCH3 is 1. The van der Waals surface area contributed by atoms with Crippen LogP contribution in [-0.2, 0) is 19.1 Å². The lowest BCUT2D eigenvalue weighted by Crippen LogP contribution is -2.55. The number of ether oxygens (including phenoxy) is 1. The minimum absolute atomic E-state index is 0.273. The van der Waals surface area contributed by atoms with E-state index >= 15 is 0 Å². The molecule has 2 aliphatic heterocycles. The van der Waals surface area contributed by atoms with Crippen molar-refractivity contribution in [3.63, 3.8) is 0 Å². The molecule has 0 unspecified atom stereocenters. The Labute approximate surface area is 169 Å². The highest BCUT2D eigenvalue weighted by atomic mass is 16.5. The van der Waals surface area contributed by atoms with E-state index in [-0.39, 0.29) is 11.8 Å². The number of likely N-dealkylation sites (tertiary alicyclic amines) is 1. The Hall–Kier alpha value is -3.06. The highest BCUT2D eigenvalue weighted by Crippen LogP contribution is 2.50. The summed E-state index contributed by atoms with van der Waals surface area (Å²) in [4.78, 5) is 43.9. The van der Waals surface area contributed by atoms with Gasteiger partial charge < -0.3 is 4.74 Å². The molecule has 2 amide bonds. The molecular weight excluding hydrogens is 370 g/mol. The van der Waals surface area contributed by atoms with Crippen LogP contribution in [0.1, 0.15) is 24.9 Å². The number of benzene rings is 1. The molecule has 3 heterocycles. The first kappa shape index (κ1) is 19.3. The van der Waals surface area contributed by atoms with E-state index < -0.39 is 29.4 Å². The summed E-state index contributed by atoms with van der Waals surface area (Å²) >= 11 is 0. The lowest BCUT2D eigenvalue weighted by Gasteiger charge is -2.30. The zero-order valence-corrected chi connectivity index (χ0v) is 16.6. The van der Waals surface area contributed by atoms with Gasteiger partial charge in [-0.1, -0.05) is 37.3 Å². The molecule has 7 heteroatoms. The molecule has 0 radical (unpaired) electrons. The normalized spacial score (nSPS) is 28.5. The molecular formula is C22H23N3O4. The Bertz CT molecular complexity index is 960. The summed E-state index contributed by atoms with van der Waals surface area (Å²) in [5.41, 5.74) is 1.42. The summed E-state index contributed by atoms with van der Waals surface area (Å²) in [7, 11) is 2.78.